The van der Waals surface area contributed by atoms with Crippen LogP contribution in [0.1, 0.15) is 22.3 Å². The van der Waals surface area contributed by atoms with E-state index in [1.54, 1.807) is 0 Å². The van der Waals surface area contributed by atoms with E-state index in [4.69, 9.17) is 5.26 Å². The molecule has 0 spiro atoms. The minimum absolute atomic E-state index is 0.165. The average molecular weight is 360 g/mol. The Bertz CT molecular complexity index is 853. The van der Waals surface area contributed by atoms with Crippen LogP contribution in [0.4, 0.5) is 4.79 Å². The fraction of sp³-hybridized carbons (Fsp3) is 0.364. The van der Waals surface area contributed by atoms with E-state index >= 15 is 0 Å². The SMILES string of the molecule is Cc1ccc(CN2CC3CN(Cc4ccc(C#N)cc4)CCN3C2=O)cc1. The number of piperazine rings is 1. The van der Waals surface area contributed by atoms with Crippen molar-refractivity contribution in [1.29, 1.82) is 5.26 Å². The van der Waals surface area contributed by atoms with E-state index in [1.807, 2.05) is 34.1 Å². The molecule has 2 heterocycles. The summed E-state index contributed by atoms with van der Waals surface area (Å²) in [5, 5.41) is 8.92. The maximum absolute atomic E-state index is 12.7. The third-order valence-corrected chi connectivity index (χ3v) is 5.50. The number of aryl methyl sites for hydroxylation is 1. The molecule has 1 unspecified atom stereocenters. The molecular weight excluding hydrogens is 336 g/mol. The topological polar surface area (TPSA) is 50.6 Å². The van der Waals surface area contributed by atoms with Crippen LogP contribution in [0.25, 0.3) is 0 Å². The molecule has 1 atom stereocenters. The normalized spacial score (nSPS) is 19.9. The van der Waals surface area contributed by atoms with E-state index in [1.165, 1.54) is 16.7 Å². The Morgan fingerprint density at radius 1 is 0.963 bits per heavy atom. The Morgan fingerprint density at radius 3 is 2.33 bits per heavy atom. The summed E-state index contributed by atoms with van der Waals surface area (Å²) < 4.78 is 0. The second-order valence-electron chi connectivity index (χ2n) is 7.54. The highest BCUT2D eigenvalue weighted by Gasteiger charge is 2.40. The lowest BCUT2D eigenvalue weighted by Gasteiger charge is -2.36. The molecule has 5 nitrogen and oxygen atoms in total. The smallest absolute Gasteiger partial charge is 0.318 e. The molecule has 2 fully saturated rings. The van der Waals surface area contributed by atoms with Crippen LogP contribution in [0.15, 0.2) is 48.5 Å². The summed E-state index contributed by atoms with van der Waals surface area (Å²) in [6.45, 7) is 6.98. The highest BCUT2D eigenvalue weighted by molar-refractivity contribution is 5.77. The van der Waals surface area contributed by atoms with Gasteiger partial charge in [0.2, 0.25) is 0 Å². The lowest BCUT2D eigenvalue weighted by molar-refractivity contribution is 0.116. The summed E-state index contributed by atoms with van der Waals surface area (Å²) in [5.41, 5.74) is 4.32. The maximum atomic E-state index is 12.7. The van der Waals surface area contributed by atoms with E-state index in [2.05, 4.69) is 42.2 Å². The van der Waals surface area contributed by atoms with E-state index in [0.717, 1.165) is 32.7 Å². The predicted molar refractivity (Wildman–Crippen MR) is 104 cm³/mol. The van der Waals surface area contributed by atoms with Crippen LogP contribution in [-0.4, -0.2) is 53.0 Å². The molecule has 0 saturated carbocycles. The maximum Gasteiger partial charge on any atom is 0.320 e. The molecule has 2 saturated heterocycles. The van der Waals surface area contributed by atoms with Gasteiger partial charge in [-0.15, -0.1) is 0 Å². The van der Waals surface area contributed by atoms with Gasteiger partial charge in [-0.25, -0.2) is 4.79 Å². The van der Waals surface area contributed by atoms with Crippen molar-refractivity contribution in [2.45, 2.75) is 26.1 Å². The number of nitrogens with zero attached hydrogens (tertiary/aromatic N) is 4. The number of amides is 2. The molecule has 0 bridgehead atoms. The molecule has 0 N–H and O–H groups in total. The summed E-state index contributed by atoms with van der Waals surface area (Å²) in [7, 11) is 0. The first-order valence-electron chi connectivity index (χ1n) is 9.45. The van der Waals surface area contributed by atoms with Crippen molar-refractivity contribution in [3.63, 3.8) is 0 Å². The average Bonchev–Trinajstić information content (AvgIpc) is 2.99. The molecule has 0 aliphatic carbocycles. The van der Waals surface area contributed by atoms with Crippen molar-refractivity contribution in [3.05, 3.63) is 70.8 Å². The Kier molecular flexibility index (Phi) is 4.83. The fourth-order valence-electron chi connectivity index (χ4n) is 3.97. The Morgan fingerprint density at radius 2 is 1.63 bits per heavy atom. The monoisotopic (exact) mass is 360 g/mol. The molecule has 27 heavy (non-hydrogen) atoms. The van der Waals surface area contributed by atoms with E-state index < -0.39 is 0 Å². The minimum Gasteiger partial charge on any atom is -0.318 e. The number of fused-ring (bicyclic) bond motifs is 1. The van der Waals surface area contributed by atoms with Crippen molar-refractivity contribution in [3.8, 4) is 6.07 Å². The quantitative estimate of drug-likeness (QED) is 0.842. The van der Waals surface area contributed by atoms with Crippen LogP contribution >= 0.6 is 0 Å². The van der Waals surface area contributed by atoms with E-state index in [9.17, 15) is 4.79 Å². The zero-order valence-electron chi connectivity index (χ0n) is 15.6. The first-order valence-corrected chi connectivity index (χ1v) is 9.45. The van der Waals surface area contributed by atoms with Crippen molar-refractivity contribution >= 4 is 6.03 Å². The number of carbonyl (C=O) groups is 1. The molecule has 138 valence electrons. The summed E-state index contributed by atoms with van der Waals surface area (Å²) in [6.07, 6.45) is 0. The predicted octanol–water partition coefficient (Wildman–Crippen LogP) is 2.99. The van der Waals surface area contributed by atoms with Crippen molar-refractivity contribution in [2.75, 3.05) is 26.2 Å². The molecule has 2 aromatic rings. The van der Waals surface area contributed by atoms with E-state index in [-0.39, 0.29) is 12.1 Å². The van der Waals surface area contributed by atoms with Gasteiger partial charge in [0.25, 0.3) is 0 Å². The molecule has 2 aromatic carbocycles. The van der Waals surface area contributed by atoms with Gasteiger partial charge in [0, 0.05) is 39.3 Å². The summed E-state index contributed by atoms with van der Waals surface area (Å²) in [5.74, 6) is 0. The summed E-state index contributed by atoms with van der Waals surface area (Å²) in [6, 6.07) is 18.8. The van der Waals surface area contributed by atoms with Crippen LogP contribution in [0.5, 0.6) is 0 Å². The Balaban J connectivity index is 1.37. The molecule has 2 aliphatic rings. The van der Waals surface area contributed by atoms with Gasteiger partial charge in [0.15, 0.2) is 0 Å². The molecule has 5 heteroatoms. The fourth-order valence-corrected chi connectivity index (χ4v) is 3.97. The third-order valence-electron chi connectivity index (χ3n) is 5.50. The molecule has 0 aromatic heterocycles. The number of hydrogen-bond acceptors (Lipinski definition) is 3. The molecule has 4 rings (SSSR count). The van der Waals surface area contributed by atoms with Crippen LogP contribution in [0.2, 0.25) is 0 Å². The lowest BCUT2D eigenvalue weighted by Crippen LogP contribution is -2.51. The number of carbonyl (C=O) groups excluding carboxylic acids is 1. The summed E-state index contributed by atoms with van der Waals surface area (Å²) in [4.78, 5) is 19.2. The van der Waals surface area contributed by atoms with Gasteiger partial charge in [-0.3, -0.25) is 4.90 Å². The van der Waals surface area contributed by atoms with Gasteiger partial charge in [-0.05, 0) is 30.2 Å². The second-order valence-corrected chi connectivity index (χ2v) is 7.54. The molecular formula is C22H24N4O. The number of urea groups is 1. The van der Waals surface area contributed by atoms with Crippen LogP contribution < -0.4 is 0 Å². The van der Waals surface area contributed by atoms with Gasteiger partial charge < -0.3 is 9.80 Å². The zero-order valence-corrected chi connectivity index (χ0v) is 15.6. The number of benzene rings is 2. The Labute approximate surface area is 160 Å². The van der Waals surface area contributed by atoms with E-state index in [0.29, 0.717) is 12.1 Å². The van der Waals surface area contributed by atoms with Crippen LogP contribution in [-0.2, 0) is 13.1 Å². The lowest BCUT2D eigenvalue weighted by atomic mass is 10.1. The largest absolute Gasteiger partial charge is 0.320 e. The summed E-state index contributed by atoms with van der Waals surface area (Å²) >= 11 is 0. The number of rotatable bonds is 4. The van der Waals surface area contributed by atoms with Gasteiger partial charge in [-0.1, -0.05) is 42.0 Å². The standard InChI is InChI=1S/C22H24N4O/c1-17-2-4-20(5-3-17)14-25-16-21-15-24(10-11-26(21)22(25)27)13-19-8-6-18(12-23)7-9-19/h2-9,21H,10-11,13-16H2,1H3. The van der Waals surface area contributed by atoms with Gasteiger partial charge in [0.1, 0.15) is 0 Å². The molecule has 2 aliphatic heterocycles. The number of nitriles is 1. The van der Waals surface area contributed by atoms with Crippen molar-refractivity contribution < 1.29 is 4.79 Å². The first-order chi connectivity index (χ1) is 13.1. The number of hydrogen-bond donors (Lipinski definition) is 0. The van der Waals surface area contributed by atoms with Gasteiger partial charge >= 0.3 is 6.03 Å². The molecule has 0 radical (unpaired) electrons. The minimum atomic E-state index is 0.165. The second kappa shape index (κ2) is 7.42. The van der Waals surface area contributed by atoms with Gasteiger partial charge in [0.05, 0.1) is 17.7 Å². The van der Waals surface area contributed by atoms with Crippen LogP contribution in [0.3, 0.4) is 0 Å². The van der Waals surface area contributed by atoms with Gasteiger partial charge in [-0.2, -0.15) is 5.26 Å². The highest BCUT2D eigenvalue weighted by atomic mass is 16.2. The van der Waals surface area contributed by atoms with Crippen molar-refractivity contribution in [2.24, 2.45) is 0 Å². The zero-order chi connectivity index (χ0) is 18.8. The van der Waals surface area contributed by atoms with Crippen LogP contribution in [0, 0.1) is 18.3 Å². The third kappa shape index (κ3) is 3.81. The Hall–Kier alpha value is -2.84. The van der Waals surface area contributed by atoms with Crippen molar-refractivity contribution in [1.82, 2.24) is 14.7 Å². The first kappa shape index (κ1) is 17.6. The molecule has 2 amide bonds. The highest BCUT2D eigenvalue weighted by Crippen LogP contribution is 2.23.